The lowest BCUT2D eigenvalue weighted by Gasteiger charge is -2.35. The molecule has 0 aliphatic carbocycles. The van der Waals surface area contributed by atoms with Gasteiger partial charge in [-0.15, -0.1) is 0 Å². The van der Waals surface area contributed by atoms with Gasteiger partial charge in [-0.05, 0) is 18.9 Å². The first kappa shape index (κ1) is 15.9. The maximum Gasteiger partial charge on any atom is 0.393 e. The number of piperidine rings is 1. The Morgan fingerprint density at radius 1 is 1.52 bits per heavy atom. The highest BCUT2D eigenvalue weighted by molar-refractivity contribution is 6.29. The van der Waals surface area contributed by atoms with Crippen molar-refractivity contribution in [1.82, 2.24) is 4.98 Å². The molecule has 0 bridgehead atoms. The van der Waals surface area contributed by atoms with Crippen LogP contribution in [0.1, 0.15) is 23.2 Å². The van der Waals surface area contributed by atoms with Crippen molar-refractivity contribution in [3.8, 4) is 0 Å². The van der Waals surface area contributed by atoms with E-state index in [0.29, 0.717) is 18.7 Å². The minimum absolute atomic E-state index is 0.0897. The van der Waals surface area contributed by atoms with Gasteiger partial charge in [0.2, 0.25) is 0 Å². The van der Waals surface area contributed by atoms with Gasteiger partial charge in [0, 0.05) is 19.3 Å². The Kier molecular flexibility index (Phi) is 4.61. The summed E-state index contributed by atoms with van der Waals surface area (Å²) in [7, 11) is 1.20. The van der Waals surface area contributed by atoms with E-state index >= 15 is 0 Å². The van der Waals surface area contributed by atoms with Gasteiger partial charge in [-0.1, -0.05) is 11.6 Å². The maximum atomic E-state index is 12.9. The average molecular weight is 323 g/mol. The zero-order valence-electron chi connectivity index (χ0n) is 11.3. The highest BCUT2D eigenvalue weighted by Crippen LogP contribution is 2.36. The molecule has 2 rings (SSSR count). The van der Waals surface area contributed by atoms with Crippen LogP contribution >= 0.6 is 11.6 Å². The van der Waals surface area contributed by atoms with E-state index in [9.17, 15) is 18.0 Å². The second-order valence-electron chi connectivity index (χ2n) is 4.84. The van der Waals surface area contributed by atoms with E-state index in [2.05, 4.69) is 9.72 Å². The molecule has 1 saturated heterocycles. The van der Waals surface area contributed by atoms with Crippen LogP contribution in [-0.2, 0) is 4.74 Å². The van der Waals surface area contributed by atoms with Crippen LogP contribution in [0.25, 0.3) is 0 Å². The molecule has 1 aromatic rings. The number of rotatable bonds is 2. The number of aromatic nitrogens is 1. The summed E-state index contributed by atoms with van der Waals surface area (Å²) in [5.41, 5.74) is 0.445. The van der Waals surface area contributed by atoms with Crippen molar-refractivity contribution in [3.05, 3.63) is 23.0 Å². The normalized spacial score (nSPS) is 19.5. The molecule has 116 valence electrons. The lowest BCUT2D eigenvalue weighted by atomic mass is 9.96. The molecule has 1 aliphatic rings. The van der Waals surface area contributed by atoms with Gasteiger partial charge in [-0.25, -0.2) is 9.78 Å². The summed E-state index contributed by atoms with van der Waals surface area (Å²) in [5.74, 6) is -2.06. The molecular formula is C13H14ClF3N2O2. The molecule has 1 fully saturated rings. The molecule has 0 amide bonds. The van der Waals surface area contributed by atoms with Crippen molar-refractivity contribution in [2.75, 3.05) is 25.1 Å². The van der Waals surface area contributed by atoms with Gasteiger partial charge in [0.05, 0.1) is 18.7 Å². The molecule has 1 aliphatic heterocycles. The highest BCUT2D eigenvalue weighted by Gasteiger charge is 2.42. The van der Waals surface area contributed by atoms with E-state index in [1.165, 1.54) is 24.3 Å². The third-order valence-electron chi connectivity index (χ3n) is 3.48. The second-order valence-corrected chi connectivity index (χ2v) is 5.23. The van der Waals surface area contributed by atoms with Crippen molar-refractivity contribution >= 4 is 23.3 Å². The van der Waals surface area contributed by atoms with E-state index in [4.69, 9.17) is 11.6 Å². The molecule has 8 heteroatoms. The summed E-state index contributed by atoms with van der Waals surface area (Å²) < 4.78 is 43.3. The van der Waals surface area contributed by atoms with Crippen LogP contribution in [-0.4, -0.2) is 37.3 Å². The number of alkyl halides is 3. The Hall–Kier alpha value is -1.50. The maximum absolute atomic E-state index is 12.9. The number of hydrogen-bond donors (Lipinski definition) is 0. The average Bonchev–Trinajstić information content (AvgIpc) is 2.45. The number of anilines is 1. The van der Waals surface area contributed by atoms with E-state index in [1.807, 2.05) is 0 Å². The lowest BCUT2D eigenvalue weighted by Crippen LogP contribution is -2.42. The number of methoxy groups -OCH3 is 1. The number of pyridine rings is 1. The van der Waals surface area contributed by atoms with Crippen molar-refractivity contribution in [2.45, 2.75) is 19.0 Å². The summed E-state index contributed by atoms with van der Waals surface area (Å²) >= 11 is 5.80. The van der Waals surface area contributed by atoms with Crippen LogP contribution in [0.15, 0.2) is 12.3 Å². The number of esters is 1. The van der Waals surface area contributed by atoms with Crippen molar-refractivity contribution < 1.29 is 22.7 Å². The van der Waals surface area contributed by atoms with Crippen LogP contribution in [0.2, 0.25) is 5.15 Å². The van der Waals surface area contributed by atoms with Crippen molar-refractivity contribution in [2.24, 2.45) is 5.92 Å². The second kappa shape index (κ2) is 6.09. The zero-order chi connectivity index (χ0) is 15.6. The van der Waals surface area contributed by atoms with E-state index < -0.39 is 18.1 Å². The number of nitrogens with zero attached hydrogens (tertiary/aromatic N) is 2. The number of carbonyl (C=O) groups is 1. The standard InChI is InChI=1S/C13H14ClF3N2O2/c1-21-12(20)9-6-18-11(14)5-10(9)19-4-2-3-8(7-19)13(15,16)17/h5-6,8H,2-4,7H2,1H3. The lowest BCUT2D eigenvalue weighted by molar-refractivity contribution is -0.175. The van der Waals surface area contributed by atoms with E-state index in [-0.39, 0.29) is 23.7 Å². The van der Waals surface area contributed by atoms with Gasteiger partial charge in [-0.3, -0.25) is 0 Å². The van der Waals surface area contributed by atoms with Gasteiger partial charge < -0.3 is 9.64 Å². The minimum atomic E-state index is -4.25. The molecule has 1 atom stereocenters. The Morgan fingerprint density at radius 3 is 2.86 bits per heavy atom. The zero-order valence-corrected chi connectivity index (χ0v) is 12.0. The van der Waals surface area contributed by atoms with Crippen LogP contribution in [0.5, 0.6) is 0 Å². The van der Waals surface area contributed by atoms with Crippen molar-refractivity contribution in [1.29, 1.82) is 0 Å². The molecule has 0 spiro atoms. The summed E-state index contributed by atoms with van der Waals surface area (Å²) in [4.78, 5) is 17.0. The first-order valence-electron chi connectivity index (χ1n) is 6.38. The Balaban J connectivity index is 2.32. The number of carbonyl (C=O) groups excluding carboxylic acids is 1. The number of hydrogen-bond acceptors (Lipinski definition) is 4. The molecule has 1 unspecified atom stereocenters. The van der Waals surface area contributed by atoms with E-state index in [1.54, 1.807) is 0 Å². The number of halogens is 4. The largest absolute Gasteiger partial charge is 0.465 e. The van der Waals surface area contributed by atoms with Gasteiger partial charge in [-0.2, -0.15) is 13.2 Å². The third kappa shape index (κ3) is 3.58. The predicted molar refractivity (Wildman–Crippen MR) is 71.6 cm³/mol. The number of ether oxygens (including phenoxy) is 1. The molecular weight excluding hydrogens is 309 g/mol. The van der Waals surface area contributed by atoms with Gasteiger partial charge in [0.1, 0.15) is 10.7 Å². The van der Waals surface area contributed by atoms with Crippen LogP contribution in [0.4, 0.5) is 18.9 Å². The molecule has 1 aromatic heterocycles. The quantitative estimate of drug-likeness (QED) is 0.619. The molecule has 21 heavy (non-hydrogen) atoms. The Labute approximate surface area is 124 Å². The molecule has 0 aromatic carbocycles. The molecule has 0 radical (unpaired) electrons. The first-order chi connectivity index (χ1) is 9.82. The fourth-order valence-electron chi connectivity index (χ4n) is 2.41. The summed E-state index contributed by atoms with van der Waals surface area (Å²) in [6.45, 7) is 0.227. The SMILES string of the molecule is COC(=O)c1cnc(Cl)cc1N1CCCC(C(F)(F)F)C1. The van der Waals surface area contributed by atoms with Crippen LogP contribution in [0.3, 0.4) is 0 Å². The monoisotopic (exact) mass is 322 g/mol. The Morgan fingerprint density at radius 2 is 2.24 bits per heavy atom. The topological polar surface area (TPSA) is 42.4 Å². The molecule has 2 heterocycles. The van der Waals surface area contributed by atoms with Crippen LogP contribution in [0, 0.1) is 5.92 Å². The van der Waals surface area contributed by atoms with Crippen LogP contribution < -0.4 is 4.90 Å². The molecule has 0 saturated carbocycles. The fraction of sp³-hybridized carbons (Fsp3) is 0.538. The molecule has 0 N–H and O–H groups in total. The fourth-order valence-corrected chi connectivity index (χ4v) is 2.56. The van der Waals surface area contributed by atoms with Gasteiger partial charge in [0.15, 0.2) is 0 Å². The molecule has 4 nitrogen and oxygen atoms in total. The minimum Gasteiger partial charge on any atom is -0.465 e. The van der Waals surface area contributed by atoms with Gasteiger partial charge in [0.25, 0.3) is 0 Å². The summed E-state index contributed by atoms with van der Waals surface area (Å²) in [6, 6.07) is 1.40. The Bertz CT molecular complexity index is 537. The predicted octanol–water partition coefficient (Wildman–Crippen LogP) is 3.30. The van der Waals surface area contributed by atoms with Crippen molar-refractivity contribution in [3.63, 3.8) is 0 Å². The van der Waals surface area contributed by atoms with Gasteiger partial charge >= 0.3 is 12.1 Å². The third-order valence-corrected chi connectivity index (χ3v) is 3.69. The summed E-state index contributed by atoms with van der Waals surface area (Å²) in [5, 5.41) is 0.117. The van der Waals surface area contributed by atoms with E-state index in [0.717, 1.165) is 0 Å². The highest BCUT2D eigenvalue weighted by atomic mass is 35.5. The smallest absolute Gasteiger partial charge is 0.393 e. The first-order valence-corrected chi connectivity index (χ1v) is 6.76. The summed E-state index contributed by atoms with van der Waals surface area (Å²) in [6.07, 6.45) is -2.54.